The van der Waals surface area contributed by atoms with Crippen LogP contribution in [0.1, 0.15) is 17.8 Å². The van der Waals surface area contributed by atoms with Gasteiger partial charge in [0.25, 0.3) is 0 Å². The quantitative estimate of drug-likeness (QED) is 0.826. The molecule has 3 rings (SSSR count). The Morgan fingerprint density at radius 1 is 1.37 bits per heavy atom. The molecule has 0 amide bonds. The zero-order valence-corrected chi connectivity index (χ0v) is 11.2. The standard InChI is InChI=1S/C14H13ClFN3/c1-7-3-4-9-11(17-7)6-5-10(12(9)16)13-14(15)19-8(2)18-13/h5-6,17H,1,3-4H2,2H3,(H,18,19). The van der Waals surface area contributed by atoms with Crippen molar-refractivity contribution < 1.29 is 4.39 Å². The van der Waals surface area contributed by atoms with Gasteiger partial charge in [0, 0.05) is 22.5 Å². The second-order valence-electron chi connectivity index (χ2n) is 4.67. The Morgan fingerprint density at radius 2 is 2.16 bits per heavy atom. The van der Waals surface area contributed by atoms with E-state index in [1.807, 2.05) is 6.07 Å². The summed E-state index contributed by atoms with van der Waals surface area (Å²) in [5.74, 6) is 0.412. The minimum Gasteiger partial charge on any atom is -0.359 e. The van der Waals surface area contributed by atoms with Crippen molar-refractivity contribution >= 4 is 17.3 Å². The summed E-state index contributed by atoms with van der Waals surface area (Å²) >= 11 is 6.04. The molecule has 0 spiro atoms. The highest BCUT2D eigenvalue weighted by Gasteiger charge is 2.21. The summed E-state index contributed by atoms with van der Waals surface area (Å²) in [7, 11) is 0. The molecule has 0 saturated carbocycles. The number of nitrogens with one attached hydrogen (secondary N) is 2. The first-order valence-corrected chi connectivity index (χ1v) is 6.42. The van der Waals surface area contributed by atoms with Crippen LogP contribution in [0.15, 0.2) is 24.4 Å². The summed E-state index contributed by atoms with van der Waals surface area (Å²) in [4.78, 5) is 7.12. The maximum absolute atomic E-state index is 14.6. The van der Waals surface area contributed by atoms with Crippen LogP contribution in [0, 0.1) is 12.7 Å². The van der Waals surface area contributed by atoms with Gasteiger partial charge in [-0.15, -0.1) is 0 Å². The van der Waals surface area contributed by atoms with Gasteiger partial charge in [-0.3, -0.25) is 0 Å². The molecule has 0 saturated heterocycles. The lowest BCUT2D eigenvalue weighted by Gasteiger charge is -2.21. The van der Waals surface area contributed by atoms with Crippen molar-refractivity contribution in [1.29, 1.82) is 0 Å². The van der Waals surface area contributed by atoms with E-state index in [0.29, 0.717) is 34.2 Å². The minimum absolute atomic E-state index is 0.258. The van der Waals surface area contributed by atoms with E-state index in [0.717, 1.165) is 17.8 Å². The van der Waals surface area contributed by atoms with E-state index in [4.69, 9.17) is 11.6 Å². The average molecular weight is 278 g/mol. The number of nitrogens with zero attached hydrogens (tertiary/aromatic N) is 1. The average Bonchev–Trinajstić information content (AvgIpc) is 2.68. The fourth-order valence-electron chi connectivity index (χ4n) is 2.34. The number of anilines is 1. The van der Waals surface area contributed by atoms with Crippen molar-refractivity contribution in [1.82, 2.24) is 9.97 Å². The molecule has 2 N–H and O–H groups in total. The number of aryl methyl sites for hydroxylation is 1. The first kappa shape index (κ1) is 12.2. The van der Waals surface area contributed by atoms with Crippen LogP contribution >= 0.6 is 11.6 Å². The van der Waals surface area contributed by atoms with Crippen molar-refractivity contribution in [3.8, 4) is 11.3 Å². The molecule has 3 nitrogen and oxygen atoms in total. The lowest BCUT2D eigenvalue weighted by Crippen LogP contribution is -2.11. The molecular formula is C14H13ClFN3. The molecule has 0 radical (unpaired) electrons. The number of hydrogen-bond acceptors (Lipinski definition) is 2. The Morgan fingerprint density at radius 3 is 2.84 bits per heavy atom. The fraction of sp³-hybridized carbons (Fsp3) is 0.214. The molecular weight excluding hydrogens is 265 g/mol. The van der Waals surface area contributed by atoms with Crippen molar-refractivity contribution in [2.75, 3.05) is 5.32 Å². The van der Waals surface area contributed by atoms with Gasteiger partial charge in [0.15, 0.2) is 0 Å². The third kappa shape index (κ3) is 2.02. The SMILES string of the molecule is C=C1CCc2c(ccc(-c3nc(C)[nH]c3Cl)c2F)N1. The number of aromatic amines is 1. The second-order valence-corrected chi connectivity index (χ2v) is 5.04. The lowest BCUT2D eigenvalue weighted by molar-refractivity contribution is 0.610. The molecule has 1 aliphatic heterocycles. The van der Waals surface area contributed by atoms with Gasteiger partial charge < -0.3 is 10.3 Å². The highest BCUT2D eigenvalue weighted by atomic mass is 35.5. The number of imidazole rings is 1. The van der Waals surface area contributed by atoms with Crippen LogP contribution in [-0.4, -0.2) is 9.97 Å². The molecule has 1 aromatic heterocycles. The fourth-order valence-corrected chi connectivity index (χ4v) is 2.62. The third-order valence-electron chi connectivity index (χ3n) is 3.26. The Kier molecular flexibility index (Phi) is 2.82. The van der Waals surface area contributed by atoms with Gasteiger partial charge >= 0.3 is 0 Å². The van der Waals surface area contributed by atoms with E-state index in [-0.39, 0.29) is 5.82 Å². The number of H-pyrrole nitrogens is 1. The van der Waals surface area contributed by atoms with Gasteiger partial charge in [0.05, 0.1) is 0 Å². The number of benzene rings is 1. The number of rotatable bonds is 1. The normalized spacial score (nSPS) is 14.2. The Balaban J connectivity index is 2.14. The van der Waals surface area contributed by atoms with Crippen molar-refractivity contribution in [2.24, 2.45) is 0 Å². The van der Waals surface area contributed by atoms with Crippen molar-refractivity contribution in [2.45, 2.75) is 19.8 Å². The Hall–Kier alpha value is -1.81. The molecule has 0 fully saturated rings. The van der Waals surface area contributed by atoms with Crippen LogP contribution in [0.4, 0.5) is 10.1 Å². The monoisotopic (exact) mass is 277 g/mol. The molecule has 0 unspecified atom stereocenters. The molecule has 2 aromatic rings. The highest BCUT2D eigenvalue weighted by Crippen LogP contribution is 2.35. The summed E-state index contributed by atoms with van der Waals surface area (Å²) in [5.41, 5.74) is 3.25. The van der Waals surface area contributed by atoms with Crippen molar-refractivity contribution in [3.63, 3.8) is 0 Å². The van der Waals surface area contributed by atoms with E-state index in [1.165, 1.54) is 0 Å². The molecule has 1 aromatic carbocycles. The van der Waals surface area contributed by atoms with E-state index >= 15 is 0 Å². The Bertz CT molecular complexity index is 676. The van der Waals surface area contributed by atoms with E-state index < -0.39 is 0 Å². The van der Waals surface area contributed by atoms with Gasteiger partial charge in [-0.05, 0) is 31.9 Å². The third-order valence-corrected chi connectivity index (χ3v) is 3.54. The lowest BCUT2D eigenvalue weighted by atomic mass is 9.97. The van der Waals surface area contributed by atoms with Crippen LogP contribution in [0.3, 0.4) is 0 Å². The molecule has 1 aliphatic rings. The number of halogens is 2. The smallest absolute Gasteiger partial charge is 0.137 e. The second kappa shape index (κ2) is 4.38. The van der Waals surface area contributed by atoms with Gasteiger partial charge in [0.2, 0.25) is 0 Å². The molecule has 2 heterocycles. The van der Waals surface area contributed by atoms with Crippen molar-refractivity contribution in [3.05, 3.63) is 46.8 Å². The van der Waals surface area contributed by atoms with Crippen LogP contribution in [0.5, 0.6) is 0 Å². The van der Waals surface area contributed by atoms with Crippen LogP contribution in [0.25, 0.3) is 11.3 Å². The zero-order valence-electron chi connectivity index (χ0n) is 10.5. The summed E-state index contributed by atoms with van der Waals surface area (Å²) < 4.78 is 14.6. The van der Waals surface area contributed by atoms with Gasteiger partial charge in [-0.25, -0.2) is 9.37 Å². The summed E-state index contributed by atoms with van der Waals surface area (Å²) in [6.07, 6.45) is 1.38. The molecule has 0 bridgehead atoms. The van der Waals surface area contributed by atoms with Gasteiger partial charge in [-0.2, -0.15) is 0 Å². The Labute approximate surface area is 115 Å². The number of aromatic nitrogens is 2. The van der Waals surface area contributed by atoms with Crippen LogP contribution in [-0.2, 0) is 6.42 Å². The zero-order chi connectivity index (χ0) is 13.6. The maximum Gasteiger partial charge on any atom is 0.137 e. The first-order valence-electron chi connectivity index (χ1n) is 6.05. The molecule has 5 heteroatoms. The van der Waals surface area contributed by atoms with Crippen LogP contribution in [0.2, 0.25) is 5.15 Å². The summed E-state index contributed by atoms with van der Waals surface area (Å²) in [5, 5.41) is 3.47. The molecule has 0 aliphatic carbocycles. The topological polar surface area (TPSA) is 40.7 Å². The number of hydrogen-bond donors (Lipinski definition) is 2. The predicted octanol–water partition coefficient (Wildman–Crippen LogP) is 4.05. The highest BCUT2D eigenvalue weighted by molar-refractivity contribution is 6.31. The summed E-state index contributed by atoms with van der Waals surface area (Å²) in [6.45, 7) is 5.66. The molecule has 19 heavy (non-hydrogen) atoms. The molecule has 0 atom stereocenters. The first-order chi connectivity index (χ1) is 9.06. The number of allylic oxidation sites excluding steroid dienone is 1. The van der Waals surface area contributed by atoms with Crippen LogP contribution < -0.4 is 5.32 Å². The van der Waals surface area contributed by atoms with E-state index in [9.17, 15) is 4.39 Å². The number of fused-ring (bicyclic) bond motifs is 1. The van der Waals surface area contributed by atoms with E-state index in [2.05, 4.69) is 21.9 Å². The van der Waals surface area contributed by atoms with E-state index in [1.54, 1.807) is 13.0 Å². The largest absolute Gasteiger partial charge is 0.359 e. The predicted molar refractivity (Wildman–Crippen MR) is 74.8 cm³/mol. The summed E-state index contributed by atoms with van der Waals surface area (Å²) in [6, 6.07) is 3.54. The molecule has 98 valence electrons. The minimum atomic E-state index is -0.258. The van der Waals surface area contributed by atoms with Gasteiger partial charge in [0.1, 0.15) is 22.5 Å². The maximum atomic E-state index is 14.6. The van der Waals surface area contributed by atoms with Gasteiger partial charge in [-0.1, -0.05) is 18.2 Å².